The normalized spacial score (nSPS) is 11.6. The number of esters is 1. The van der Waals surface area contributed by atoms with Crippen molar-refractivity contribution < 1.29 is 19.1 Å². The highest BCUT2D eigenvalue weighted by molar-refractivity contribution is 5.98. The van der Waals surface area contributed by atoms with Crippen LogP contribution < -0.4 is 10.1 Å². The van der Waals surface area contributed by atoms with Gasteiger partial charge >= 0.3 is 5.97 Å². The minimum atomic E-state index is -0.628. The van der Waals surface area contributed by atoms with Crippen LogP contribution in [0.1, 0.15) is 47.3 Å². The largest absolute Gasteiger partial charge is 0.480 e. The van der Waals surface area contributed by atoms with Crippen molar-refractivity contribution in [2.75, 3.05) is 11.9 Å². The molecule has 0 heterocycles. The molecular weight excluding hydrogens is 342 g/mol. The molecule has 0 saturated heterocycles. The van der Waals surface area contributed by atoms with Crippen LogP contribution in [0.15, 0.2) is 36.4 Å². The Bertz CT molecular complexity index is 829. The number of aryl methyl sites for hydroxylation is 2. The summed E-state index contributed by atoms with van der Waals surface area (Å²) in [5.74, 6) is 0.0471. The Morgan fingerprint density at radius 2 is 1.81 bits per heavy atom. The Balaban J connectivity index is 2.17. The van der Waals surface area contributed by atoms with Crippen LogP contribution in [0.4, 0.5) is 5.69 Å². The molecule has 0 aliphatic rings. The number of benzene rings is 2. The predicted molar refractivity (Wildman–Crippen MR) is 106 cm³/mol. The molecule has 0 saturated carbocycles. The van der Waals surface area contributed by atoms with Gasteiger partial charge in [0.1, 0.15) is 5.75 Å². The number of hydrogen-bond donors (Lipinski definition) is 1. The third kappa shape index (κ3) is 5.09. The van der Waals surface area contributed by atoms with Crippen molar-refractivity contribution in [2.45, 2.75) is 47.1 Å². The van der Waals surface area contributed by atoms with Gasteiger partial charge in [-0.25, -0.2) is 4.79 Å². The summed E-state index contributed by atoms with van der Waals surface area (Å²) in [6.07, 6.45) is -0.104. The summed E-state index contributed by atoms with van der Waals surface area (Å²) in [6.45, 7) is 9.72. The van der Waals surface area contributed by atoms with E-state index < -0.39 is 12.1 Å². The van der Waals surface area contributed by atoms with Crippen LogP contribution in [-0.4, -0.2) is 24.6 Å². The first kappa shape index (κ1) is 20.5. The second-order valence-corrected chi connectivity index (χ2v) is 6.47. The van der Waals surface area contributed by atoms with E-state index in [0.29, 0.717) is 35.6 Å². The minimum Gasteiger partial charge on any atom is -0.480 e. The summed E-state index contributed by atoms with van der Waals surface area (Å²) in [6, 6.07) is 11.0. The zero-order chi connectivity index (χ0) is 20.0. The highest BCUT2D eigenvalue weighted by atomic mass is 16.5. The van der Waals surface area contributed by atoms with E-state index in [9.17, 15) is 9.59 Å². The maximum atomic E-state index is 12.7. The summed E-state index contributed by atoms with van der Waals surface area (Å²) < 4.78 is 11.0. The number of anilines is 1. The summed E-state index contributed by atoms with van der Waals surface area (Å²) in [4.78, 5) is 24.8. The lowest BCUT2D eigenvalue weighted by molar-refractivity contribution is -0.122. The lowest BCUT2D eigenvalue weighted by Crippen LogP contribution is -2.33. The molecule has 5 heteroatoms. The number of carbonyl (C=O) groups excluding carboxylic acids is 2. The fourth-order valence-corrected chi connectivity index (χ4v) is 2.82. The Morgan fingerprint density at radius 1 is 1.07 bits per heavy atom. The number of nitrogens with one attached hydrogen (secondary N) is 1. The molecule has 0 aliphatic heterocycles. The molecule has 0 fully saturated rings. The molecule has 1 atom stereocenters. The van der Waals surface area contributed by atoms with Gasteiger partial charge in [0.05, 0.1) is 12.2 Å². The lowest BCUT2D eigenvalue weighted by Gasteiger charge is -2.20. The SMILES string of the molecule is CCOC(=O)c1cccc(NC(=O)[C@@H](CC)Oc2ccc(C)cc2C)c1C. The van der Waals surface area contributed by atoms with Crippen LogP contribution in [0.3, 0.4) is 0 Å². The smallest absolute Gasteiger partial charge is 0.338 e. The first-order valence-corrected chi connectivity index (χ1v) is 9.18. The van der Waals surface area contributed by atoms with Crippen molar-refractivity contribution >= 4 is 17.6 Å². The molecule has 5 nitrogen and oxygen atoms in total. The quantitative estimate of drug-likeness (QED) is 0.725. The van der Waals surface area contributed by atoms with Gasteiger partial charge in [-0.05, 0) is 63.4 Å². The van der Waals surface area contributed by atoms with Gasteiger partial charge in [0.2, 0.25) is 0 Å². The molecule has 1 N–H and O–H groups in total. The van der Waals surface area contributed by atoms with Gasteiger partial charge in [-0.2, -0.15) is 0 Å². The zero-order valence-electron chi connectivity index (χ0n) is 16.6. The van der Waals surface area contributed by atoms with Crippen LogP contribution in [-0.2, 0) is 9.53 Å². The molecule has 0 radical (unpaired) electrons. The molecular formula is C22H27NO4. The van der Waals surface area contributed by atoms with Crippen molar-refractivity contribution in [2.24, 2.45) is 0 Å². The summed E-state index contributed by atoms with van der Waals surface area (Å²) in [5.41, 5.74) is 3.82. The van der Waals surface area contributed by atoms with Crippen molar-refractivity contribution in [3.05, 3.63) is 58.7 Å². The van der Waals surface area contributed by atoms with Gasteiger partial charge in [-0.15, -0.1) is 0 Å². The van der Waals surface area contributed by atoms with E-state index in [-0.39, 0.29) is 5.91 Å². The van der Waals surface area contributed by atoms with Gasteiger partial charge < -0.3 is 14.8 Å². The van der Waals surface area contributed by atoms with E-state index in [1.54, 1.807) is 32.0 Å². The first-order valence-electron chi connectivity index (χ1n) is 9.18. The number of ether oxygens (including phenoxy) is 2. The monoisotopic (exact) mass is 369 g/mol. The van der Waals surface area contributed by atoms with Gasteiger partial charge in [0.15, 0.2) is 6.10 Å². The van der Waals surface area contributed by atoms with Crippen molar-refractivity contribution in [1.29, 1.82) is 0 Å². The van der Waals surface area contributed by atoms with E-state index in [4.69, 9.17) is 9.47 Å². The predicted octanol–water partition coefficient (Wildman–Crippen LogP) is 4.58. The average molecular weight is 369 g/mol. The topological polar surface area (TPSA) is 64.6 Å². The summed E-state index contributed by atoms with van der Waals surface area (Å²) >= 11 is 0. The Labute approximate surface area is 160 Å². The molecule has 0 aromatic heterocycles. The van der Waals surface area contributed by atoms with Crippen LogP contribution in [0.25, 0.3) is 0 Å². The third-order valence-corrected chi connectivity index (χ3v) is 4.35. The van der Waals surface area contributed by atoms with Crippen LogP contribution >= 0.6 is 0 Å². The van der Waals surface area contributed by atoms with Gasteiger partial charge in [-0.3, -0.25) is 4.79 Å². The van der Waals surface area contributed by atoms with Crippen molar-refractivity contribution in [3.8, 4) is 5.75 Å². The molecule has 144 valence electrons. The fraction of sp³-hybridized carbons (Fsp3) is 0.364. The highest BCUT2D eigenvalue weighted by Crippen LogP contribution is 2.23. The number of hydrogen-bond acceptors (Lipinski definition) is 4. The van der Waals surface area contributed by atoms with E-state index in [1.165, 1.54) is 0 Å². The maximum Gasteiger partial charge on any atom is 0.338 e. The van der Waals surface area contributed by atoms with Crippen LogP contribution in [0.5, 0.6) is 5.75 Å². The minimum absolute atomic E-state index is 0.249. The lowest BCUT2D eigenvalue weighted by atomic mass is 10.1. The number of rotatable bonds is 7. The molecule has 0 bridgehead atoms. The van der Waals surface area contributed by atoms with Gasteiger partial charge in [-0.1, -0.05) is 30.7 Å². The standard InChI is InChI=1S/C22H27NO4/c1-6-19(27-20-12-11-14(3)13-15(20)4)21(24)23-18-10-8-9-17(16(18)5)22(25)26-7-2/h8-13,19H,6-7H2,1-5H3,(H,23,24)/t19-/m1/s1. The van der Waals surface area contributed by atoms with Crippen LogP contribution in [0, 0.1) is 20.8 Å². The Hall–Kier alpha value is -2.82. The number of amides is 1. The molecule has 2 aromatic carbocycles. The Kier molecular flexibility index (Phi) is 6.99. The molecule has 1 amide bonds. The first-order chi connectivity index (χ1) is 12.9. The maximum absolute atomic E-state index is 12.7. The van der Waals surface area contributed by atoms with Crippen molar-refractivity contribution in [1.82, 2.24) is 0 Å². The molecule has 2 aromatic rings. The van der Waals surface area contributed by atoms with Gasteiger partial charge in [0.25, 0.3) is 5.91 Å². The second-order valence-electron chi connectivity index (χ2n) is 6.47. The third-order valence-electron chi connectivity index (χ3n) is 4.35. The molecule has 2 rings (SSSR count). The highest BCUT2D eigenvalue weighted by Gasteiger charge is 2.21. The fourth-order valence-electron chi connectivity index (χ4n) is 2.82. The summed E-state index contributed by atoms with van der Waals surface area (Å²) in [7, 11) is 0. The van der Waals surface area contributed by atoms with Crippen LogP contribution in [0.2, 0.25) is 0 Å². The zero-order valence-corrected chi connectivity index (χ0v) is 16.6. The van der Waals surface area contributed by atoms with Crippen molar-refractivity contribution in [3.63, 3.8) is 0 Å². The molecule has 0 spiro atoms. The molecule has 27 heavy (non-hydrogen) atoms. The van der Waals surface area contributed by atoms with E-state index in [2.05, 4.69) is 5.32 Å². The number of carbonyl (C=O) groups is 2. The van der Waals surface area contributed by atoms with E-state index in [1.807, 2.05) is 39.0 Å². The van der Waals surface area contributed by atoms with E-state index in [0.717, 1.165) is 11.1 Å². The second kappa shape index (κ2) is 9.21. The average Bonchev–Trinajstić information content (AvgIpc) is 2.63. The Morgan fingerprint density at radius 3 is 2.44 bits per heavy atom. The summed E-state index contributed by atoms with van der Waals surface area (Å²) in [5, 5.41) is 2.88. The van der Waals surface area contributed by atoms with E-state index >= 15 is 0 Å². The van der Waals surface area contributed by atoms with Gasteiger partial charge in [0, 0.05) is 5.69 Å². The molecule has 0 unspecified atom stereocenters. The molecule has 0 aliphatic carbocycles.